The molecule has 52 heavy (non-hydrogen) atoms. The summed E-state index contributed by atoms with van der Waals surface area (Å²) in [5.74, 6) is 0. The summed E-state index contributed by atoms with van der Waals surface area (Å²) in [7, 11) is 0. The number of hydrogen-bond acceptors (Lipinski definition) is 4. The number of para-hydroxylation sites is 1. The molecule has 246 valence electrons. The number of fused-ring (bicyclic) bond motifs is 6. The molecule has 4 nitrogen and oxygen atoms in total. The molecular weight excluding hydrogens is 635 g/mol. The summed E-state index contributed by atoms with van der Waals surface area (Å²) in [4.78, 5) is 0. The molecule has 10 rings (SSSR count). The van der Waals surface area contributed by atoms with Gasteiger partial charge < -0.3 is 4.42 Å². The van der Waals surface area contributed by atoms with Gasteiger partial charge in [-0.2, -0.15) is 0 Å². The third-order valence-corrected chi connectivity index (χ3v) is 10.8. The van der Waals surface area contributed by atoms with Crippen LogP contribution in [0.15, 0.2) is 156 Å². The van der Waals surface area contributed by atoms with Crippen molar-refractivity contribution in [3.63, 3.8) is 0 Å². The molecule has 1 aliphatic carbocycles. The first-order valence-corrected chi connectivity index (χ1v) is 17.7. The molecule has 4 heteroatoms. The van der Waals surface area contributed by atoms with Gasteiger partial charge in [0.2, 0.25) is 0 Å². The highest BCUT2D eigenvalue weighted by Gasteiger charge is 2.29. The van der Waals surface area contributed by atoms with E-state index in [1.165, 1.54) is 44.5 Å². The minimum atomic E-state index is 0.760. The number of rotatable bonds is 5. The monoisotopic (exact) mass is 667 g/mol. The molecule has 0 spiro atoms. The molecule has 0 saturated heterocycles. The average molecular weight is 668 g/mol. The Labute approximate surface area is 302 Å². The molecule has 0 radical (unpaired) electrons. The van der Waals surface area contributed by atoms with Gasteiger partial charge in [-0.15, -0.1) is 10.2 Å². The number of furan rings is 1. The van der Waals surface area contributed by atoms with Gasteiger partial charge in [0.05, 0.1) is 11.9 Å². The van der Waals surface area contributed by atoms with Gasteiger partial charge in [0, 0.05) is 21.9 Å². The summed E-state index contributed by atoms with van der Waals surface area (Å²) in [5.41, 5.74) is 20.5. The maximum Gasteiger partial charge on any atom is 0.136 e. The molecule has 1 aliphatic rings. The Hall–Kier alpha value is -6.65. The SMILES string of the molecule is Cc1cc2c(c(-c3ccc4oc5ccccc5c4c3-c3ccc(-c4ccccc4)c(-c4ccccc4)c3-c3ccnnn3)c1C)Cc1ccccc1-2. The van der Waals surface area contributed by atoms with Gasteiger partial charge in [-0.05, 0) is 122 Å². The van der Waals surface area contributed by atoms with E-state index in [0.717, 1.165) is 73.0 Å². The van der Waals surface area contributed by atoms with E-state index in [2.05, 4.69) is 158 Å². The van der Waals surface area contributed by atoms with Crippen LogP contribution in [-0.4, -0.2) is 15.4 Å². The fourth-order valence-electron chi connectivity index (χ4n) is 8.41. The third kappa shape index (κ3) is 4.65. The van der Waals surface area contributed by atoms with Gasteiger partial charge in [-0.1, -0.05) is 121 Å². The van der Waals surface area contributed by atoms with E-state index in [1.807, 2.05) is 12.1 Å². The summed E-state index contributed by atoms with van der Waals surface area (Å²) >= 11 is 0. The minimum Gasteiger partial charge on any atom is -0.456 e. The zero-order valence-corrected chi connectivity index (χ0v) is 28.9. The van der Waals surface area contributed by atoms with Crippen molar-refractivity contribution < 1.29 is 4.42 Å². The van der Waals surface area contributed by atoms with E-state index in [1.54, 1.807) is 6.20 Å². The van der Waals surface area contributed by atoms with Crippen LogP contribution in [0.25, 0.3) is 88.8 Å². The lowest BCUT2D eigenvalue weighted by atomic mass is 9.79. The molecule has 0 fully saturated rings. The highest BCUT2D eigenvalue weighted by atomic mass is 16.3. The lowest BCUT2D eigenvalue weighted by Crippen LogP contribution is -2.01. The second-order valence-electron chi connectivity index (χ2n) is 13.7. The quantitative estimate of drug-likeness (QED) is 0.183. The zero-order chi connectivity index (χ0) is 34.8. The summed E-state index contributed by atoms with van der Waals surface area (Å²) in [6.07, 6.45) is 2.62. The van der Waals surface area contributed by atoms with Crippen LogP contribution in [0.3, 0.4) is 0 Å². The molecule has 2 aromatic heterocycles. The standard InChI is InChI=1S/C48H33N3O/c1-29-27-39-34-18-10-9-17-33(34)28-40(39)44(30(29)2)37-23-24-43-48(36-19-11-12-20-42(36)52-43)46(37)38-22-21-35(31-13-5-3-6-14-31)45(32-15-7-4-8-16-32)47(38)41-25-26-49-51-50-41/h3-27H,28H2,1-2H3. The molecule has 0 saturated carbocycles. The normalized spacial score (nSPS) is 12.0. The average Bonchev–Trinajstić information content (AvgIpc) is 3.77. The number of aryl methyl sites for hydroxylation is 1. The van der Waals surface area contributed by atoms with Crippen LogP contribution in [0, 0.1) is 13.8 Å². The number of hydrogen-bond donors (Lipinski definition) is 0. The largest absolute Gasteiger partial charge is 0.456 e. The smallest absolute Gasteiger partial charge is 0.136 e. The van der Waals surface area contributed by atoms with E-state index in [-0.39, 0.29) is 0 Å². The van der Waals surface area contributed by atoms with Crippen LogP contribution in [0.1, 0.15) is 22.3 Å². The van der Waals surface area contributed by atoms with Crippen molar-refractivity contribution in [3.8, 4) is 66.9 Å². The van der Waals surface area contributed by atoms with Crippen LogP contribution >= 0.6 is 0 Å². The number of nitrogens with zero attached hydrogens (tertiary/aromatic N) is 3. The van der Waals surface area contributed by atoms with E-state index in [0.29, 0.717) is 0 Å². The maximum atomic E-state index is 6.62. The minimum absolute atomic E-state index is 0.760. The topological polar surface area (TPSA) is 51.8 Å². The first kappa shape index (κ1) is 30.2. The van der Waals surface area contributed by atoms with Crippen molar-refractivity contribution in [2.75, 3.05) is 0 Å². The summed E-state index contributed by atoms with van der Waals surface area (Å²) in [6.45, 7) is 4.52. The van der Waals surface area contributed by atoms with Crippen molar-refractivity contribution in [3.05, 3.63) is 174 Å². The third-order valence-electron chi connectivity index (χ3n) is 10.8. The second-order valence-corrected chi connectivity index (χ2v) is 13.7. The predicted molar refractivity (Wildman–Crippen MR) is 212 cm³/mol. The molecule has 9 aromatic rings. The van der Waals surface area contributed by atoms with Crippen LogP contribution in [0.2, 0.25) is 0 Å². The molecule has 0 atom stereocenters. The van der Waals surface area contributed by atoms with Crippen LogP contribution in [0.5, 0.6) is 0 Å². The van der Waals surface area contributed by atoms with Crippen molar-refractivity contribution in [2.45, 2.75) is 20.3 Å². The van der Waals surface area contributed by atoms with Crippen molar-refractivity contribution in [1.29, 1.82) is 0 Å². The Bertz CT molecular complexity index is 2820. The Morgan fingerprint density at radius 2 is 1.21 bits per heavy atom. The fraction of sp³-hybridized carbons (Fsp3) is 0.0625. The van der Waals surface area contributed by atoms with Gasteiger partial charge in [0.15, 0.2) is 0 Å². The number of aromatic nitrogens is 3. The second kappa shape index (κ2) is 12.0. The molecule has 0 amide bonds. The Balaban J connectivity index is 1.40. The maximum absolute atomic E-state index is 6.62. The summed E-state index contributed by atoms with van der Waals surface area (Å²) in [6, 6.07) is 51.8. The van der Waals surface area contributed by atoms with E-state index in [9.17, 15) is 0 Å². The van der Waals surface area contributed by atoms with Gasteiger partial charge in [0.1, 0.15) is 11.2 Å². The van der Waals surface area contributed by atoms with E-state index >= 15 is 0 Å². The molecule has 0 bridgehead atoms. The van der Waals surface area contributed by atoms with Crippen molar-refractivity contribution in [2.24, 2.45) is 0 Å². The Morgan fingerprint density at radius 1 is 0.519 bits per heavy atom. The first-order chi connectivity index (χ1) is 25.7. The van der Waals surface area contributed by atoms with Gasteiger partial charge in [0.25, 0.3) is 0 Å². The number of benzene rings is 7. The van der Waals surface area contributed by atoms with Gasteiger partial charge >= 0.3 is 0 Å². The van der Waals surface area contributed by atoms with Crippen molar-refractivity contribution >= 4 is 21.9 Å². The predicted octanol–water partition coefficient (Wildman–Crippen LogP) is 12.3. The molecule has 0 unspecified atom stereocenters. The fourth-order valence-corrected chi connectivity index (χ4v) is 8.41. The molecule has 0 aliphatic heterocycles. The lowest BCUT2D eigenvalue weighted by Gasteiger charge is -2.23. The Morgan fingerprint density at radius 3 is 2.02 bits per heavy atom. The van der Waals surface area contributed by atoms with E-state index < -0.39 is 0 Å². The first-order valence-electron chi connectivity index (χ1n) is 17.7. The van der Waals surface area contributed by atoms with Crippen LogP contribution in [0.4, 0.5) is 0 Å². The zero-order valence-electron chi connectivity index (χ0n) is 28.9. The molecule has 2 heterocycles. The molecule has 7 aromatic carbocycles. The van der Waals surface area contributed by atoms with E-state index in [4.69, 9.17) is 9.52 Å². The summed E-state index contributed by atoms with van der Waals surface area (Å²) < 4.78 is 6.62. The van der Waals surface area contributed by atoms with Crippen LogP contribution in [-0.2, 0) is 6.42 Å². The highest BCUT2D eigenvalue weighted by molar-refractivity contribution is 6.19. The van der Waals surface area contributed by atoms with Gasteiger partial charge in [-0.3, -0.25) is 0 Å². The molecular formula is C48H33N3O. The Kier molecular flexibility index (Phi) is 6.97. The highest BCUT2D eigenvalue weighted by Crippen LogP contribution is 2.53. The van der Waals surface area contributed by atoms with Gasteiger partial charge in [-0.25, -0.2) is 0 Å². The lowest BCUT2D eigenvalue weighted by molar-refractivity contribution is 0.669. The summed E-state index contributed by atoms with van der Waals surface area (Å²) in [5, 5.41) is 15.2. The molecule has 0 N–H and O–H groups in total. The van der Waals surface area contributed by atoms with Crippen molar-refractivity contribution in [1.82, 2.24) is 15.4 Å². The van der Waals surface area contributed by atoms with Crippen LogP contribution < -0.4 is 0 Å².